The minimum Gasteiger partial charge on any atom is -0.378 e. The Kier molecular flexibility index (Phi) is 3.64. The summed E-state index contributed by atoms with van der Waals surface area (Å²) in [5.41, 5.74) is 2.34. The molecule has 22 heavy (non-hydrogen) atoms. The summed E-state index contributed by atoms with van der Waals surface area (Å²) in [6.07, 6.45) is 4.25. The van der Waals surface area contributed by atoms with E-state index in [4.69, 9.17) is 9.47 Å². The fourth-order valence-corrected chi connectivity index (χ4v) is 3.67. The molecule has 1 N–H and O–H groups in total. The van der Waals surface area contributed by atoms with Gasteiger partial charge in [0, 0.05) is 38.0 Å². The van der Waals surface area contributed by atoms with Gasteiger partial charge in [0.05, 0.1) is 24.4 Å². The smallest absolute Gasteiger partial charge is 0.107 e. The van der Waals surface area contributed by atoms with Crippen LogP contribution in [-0.4, -0.2) is 53.1 Å². The van der Waals surface area contributed by atoms with Crippen LogP contribution in [0.2, 0.25) is 0 Å². The molecule has 0 aliphatic carbocycles. The Bertz CT molecular complexity index is 648. The van der Waals surface area contributed by atoms with E-state index in [1.54, 1.807) is 0 Å². The first kappa shape index (κ1) is 14.2. The number of nitrogens with zero attached hydrogens (tertiary/aromatic N) is 2. The van der Waals surface area contributed by atoms with Gasteiger partial charge in [-0.2, -0.15) is 5.10 Å². The molecule has 0 saturated carbocycles. The molecule has 0 amide bonds. The number of benzene rings is 1. The topological polar surface area (TPSA) is 50.4 Å². The van der Waals surface area contributed by atoms with Crippen LogP contribution in [0.3, 0.4) is 0 Å². The predicted molar refractivity (Wildman–Crippen MR) is 84.7 cm³/mol. The average Bonchev–Trinajstić information content (AvgIpc) is 3.16. The van der Waals surface area contributed by atoms with E-state index in [1.165, 1.54) is 5.56 Å². The quantitative estimate of drug-likeness (QED) is 0.945. The highest BCUT2D eigenvalue weighted by atomic mass is 16.6. The summed E-state index contributed by atoms with van der Waals surface area (Å²) in [4.78, 5) is 2.52. The third kappa shape index (κ3) is 2.64. The summed E-state index contributed by atoms with van der Waals surface area (Å²) in [6, 6.07) is 6.54. The molecule has 118 valence electrons. The van der Waals surface area contributed by atoms with Crippen molar-refractivity contribution < 1.29 is 9.47 Å². The van der Waals surface area contributed by atoms with Crippen LogP contribution in [0.5, 0.6) is 0 Å². The molecular weight excluding hydrogens is 278 g/mol. The molecule has 5 nitrogen and oxygen atoms in total. The van der Waals surface area contributed by atoms with Crippen LogP contribution in [0.25, 0.3) is 10.9 Å². The lowest BCUT2D eigenvalue weighted by molar-refractivity contribution is -0.156. The second-order valence-electron chi connectivity index (χ2n) is 6.59. The van der Waals surface area contributed by atoms with Crippen LogP contribution in [-0.2, 0) is 16.0 Å². The zero-order valence-corrected chi connectivity index (χ0v) is 13.0. The van der Waals surface area contributed by atoms with Gasteiger partial charge < -0.3 is 9.47 Å². The monoisotopic (exact) mass is 301 g/mol. The number of H-pyrrole nitrogens is 1. The third-order valence-electron chi connectivity index (χ3n) is 4.83. The number of ether oxygens (including phenoxy) is 2. The molecule has 2 aromatic rings. The predicted octanol–water partition coefficient (Wildman–Crippen LogP) is 2.33. The normalized spacial score (nSPS) is 29.6. The first-order chi connectivity index (χ1) is 10.8. The van der Waals surface area contributed by atoms with Crippen molar-refractivity contribution in [2.24, 2.45) is 0 Å². The molecule has 2 atom stereocenters. The maximum absolute atomic E-state index is 6.33. The molecule has 2 fully saturated rings. The molecule has 1 aromatic heterocycles. The Balaban J connectivity index is 1.52. The van der Waals surface area contributed by atoms with Gasteiger partial charge in [0.25, 0.3) is 0 Å². The number of aromatic amines is 1. The van der Waals surface area contributed by atoms with Crippen molar-refractivity contribution in [3.8, 4) is 0 Å². The molecule has 2 aliphatic rings. The fraction of sp³-hybridized carbons (Fsp3) is 0.588. The Hall–Kier alpha value is -1.43. The largest absolute Gasteiger partial charge is 0.378 e. The molecule has 0 radical (unpaired) electrons. The summed E-state index contributed by atoms with van der Waals surface area (Å²) in [5.74, 6) is 0. The van der Waals surface area contributed by atoms with E-state index in [2.05, 4.69) is 40.2 Å². The Morgan fingerprint density at radius 1 is 1.45 bits per heavy atom. The first-order valence-corrected chi connectivity index (χ1v) is 8.16. The summed E-state index contributed by atoms with van der Waals surface area (Å²) < 4.78 is 11.9. The van der Waals surface area contributed by atoms with E-state index in [0.717, 1.165) is 56.6 Å². The molecule has 3 heterocycles. The number of fused-ring (bicyclic) bond motifs is 1. The average molecular weight is 301 g/mol. The highest BCUT2D eigenvalue weighted by Crippen LogP contribution is 2.31. The molecular formula is C17H23N3O2. The van der Waals surface area contributed by atoms with Gasteiger partial charge in [0.15, 0.2) is 0 Å². The van der Waals surface area contributed by atoms with Gasteiger partial charge in [-0.05, 0) is 18.1 Å². The number of rotatable bonds is 3. The highest BCUT2D eigenvalue weighted by molar-refractivity contribution is 5.78. The SMILES string of the molecule is CCC1CN(Cc2ccc3cn[nH]c3c2)CC2(CCOC2)O1. The van der Waals surface area contributed by atoms with Crippen molar-refractivity contribution in [2.45, 2.75) is 38.0 Å². The van der Waals surface area contributed by atoms with Gasteiger partial charge in [-0.15, -0.1) is 0 Å². The van der Waals surface area contributed by atoms with Crippen molar-refractivity contribution in [1.29, 1.82) is 0 Å². The van der Waals surface area contributed by atoms with Crippen LogP contribution in [0, 0.1) is 0 Å². The number of hydrogen-bond acceptors (Lipinski definition) is 4. The van der Waals surface area contributed by atoms with Gasteiger partial charge in [0.2, 0.25) is 0 Å². The second-order valence-corrected chi connectivity index (χ2v) is 6.59. The minimum absolute atomic E-state index is 0.0863. The van der Waals surface area contributed by atoms with Crippen LogP contribution < -0.4 is 0 Å². The van der Waals surface area contributed by atoms with Crippen molar-refractivity contribution >= 4 is 10.9 Å². The molecule has 2 aliphatic heterocycles. The Morgan fingerprint density at radius 3 is 3.23 bits per heavy atom. The van der Waals surface area contributed by atoms with Gasteiger partial charge in [-0.25, -0.2) is 0 Å². The molecule has 1 spiro atoms. The van der Waals surface area contributed by atoms with Crippen LogP contribution in [0.15, 0.2) is 24.4 Å². The molecule has 2 unspecified atom stereocenters. The number of nitrogens with one attached hydrogen (secondary N) is 1. The van der Waals surface area contributed by atoms with E-state index in [-0.39, 0.29) is 5.60 Å². The van der Waals surface area contributed by atoms with E-state index in [1.807, 2.05) is 6.20 Å². The van der Waals surface area contributed by atoms with Crippen LogP contribution >= 0.6 is 0 Å². The van der Waals surface area contributed by atoms with Crippen LogP contribution in [0.4, 0.5) is 0 Å². The summed E-state index contributed by atoms with van der Waals surface area (Å²) in [6.45, 7) is 6.68. The van der Waals surface area contributed by atoms with E-state index < -0.39 is 0 Å². The summed E-state index contributed by atoms with van der Waals surface area (Å²) in [7, 11) is 0. The number of hydrogen-bond donors (Lipinski definition) is 1. The van der Waals surface area contributed by atoms with Gasteiger partial charge in [0.1, 0.15) is 5.60 Å². The van der Waals surface area contributed by atoms with Crippen LogP contribution in [0.1, 0.15) is 25.3 Å². The lowest BCUT2D eigenvalue weighted by atomic mass is 9.98. The van der Waals surface area contributed by atoms with Crippen molar-refractivity contribution in [2.75, 3.05) is 26.3 Å². The summed E-state index contributed by atoms with van der Waals surface area (Å²) in [5, 5.41) is 8.31. The van der Waals surface area contributed by atoms with Gasteiger partial charge >= 0.3 is 0 Å². The zero-order chi connectivity index (χ0) is 15.0. The van der Waals surface area contributed by atoms with Crippen molar-refractivity contribution in [1.82, 2.24) is 15.1 Å². The second kappa shape index (κ2) is 5.65. The van der Waals surface area contributed by atoms with Gasteiger partial charge in [-0.3, -0.25) is 10.00 Å². The highest BCUT2D eigenvalue weighted by Gasteiger charge is 2.43. The maximum atomic E-state index is 6.33. The molecule has 2 saturated heterocycles. The van der Waals surface area contributed by atoms with E-state index in [9.17, 15) is 0 Å². The van der Waals surface area contributed by atoms with Crippen molar-refractivity contribution in [3.05, 3.63) is 30.0 Å². The standard InChI is InChI=1S/C17H23N3O2/c1-2-15-10-20(11-17(22-15)5-6-21-12-17)9-13-3-4-14-8-18-19-16(14)7-13/h3-4,7-8,15H,2,5-6,9-12H2,1H3,(H,18,19). The van der Waals surface area contributed by atoms with E-state index in [0.29, 0.717) is 6.10 Å². The third-order valence-corrected chi connectivity index (χ3v) is 4.83. The lowest BCUT2D eigenvalue weighted by Gasteiger charge is -2.43. The molecule has 0 bridgehead atoms. The number of aromatic nitrogens is 2. The molecule has 4 rings (SSSR count). The number of morpholine rings is 1. The Morgan fingerprint density at radius 2 is 2.41 bits per heavy atom. The Labute approximate surface area is 130 Å². The fourth-order valence-electron chi connectivity index (χ4n) is 3.67. The lowest BCUT2D eigenvalue weighted by Crippen LogP contribution is -2.55. The zero-order valence-electron chi connectivity index (χ0n) is 13.0. The minimum atomic E-state index is -0.0863. The molecule has 1 aromatic carbocycles. The maximum Gasteiger partial charge on any atom is 0.107 e. The van der Waals surface area contributed by atoms with Crippen molar-refractivity contribution in [3.63, 3.8) is 0 Å². The van der Waals surface area contributed by atoms with E-state index >= 15 is 0 Å². The molecule has 5 heteroatoms. The summed E-state index contributed by atoms with van der Waals surface area (Å²) >= 11 is 0. The van der Waals surface area contributed by atoms with Gasteiger partial charge in [-0.1, -0.05) is 19.1 Å². The first-order valence-electron chi connectivity index (χ1n) is 8.16.